The van der Waals surface area contributed by atoms with Crippen LogP contribution in [-0.4, -0.2) is 78.1 Å². The molecule has 0 aliphatic carbocycles. The number of rotatable bonds is 7. The number of aromatic nitrogens is 1. The summed E-state index contributed by atoms with van der Waals surface area (Å²) in [5.41, 5.74) is 1.99. The summed E-state index contributed by atoms with van der Waals surface area (Å²) < 4.78 is 10.8. The minimum Gasteiger partial charge on any atom is -0.505 e. The number of benzene rings is 2. The third kappa shape index (κ3) is 5.02. The van der Waals surface area contributed by atoms with Crippen LogP contribution in [0.1, 0.15) is 22.2 Å². The molecule has 2 aliphatic heterocycles. The molecule has 37 heavy (non-hydrogen) atoms. The van der Waals surface area contributed by atoms with Gasteiger partial charge < -0.3 is 19.5 Å². The van der Waals surface area contributed by atoms with E-state index in [9.17, 15) is 14.7 Å². The van der Waals surface area contributed by atoms with E-state index in [1.165, 1.54) is 11.3 Å². The summed E-state index contributed by atoms with van der Waals surface area (Å²) in [6.45, 7) is 5.63. The van der Waals surface area contributed by atoms with E-state index in [2.05, 4.69) is 9.88 Å². The highest BCUT2D eigenvalue weighted by Gasteiger charge is 2.46. The fraction of sp³-hybridized carbons (Fsp3) is 0.321. The lowest BCUT2D eigenvalue weighted by atomic mass is 9.96. The number of carbonyl (C=O) groups is 2. The van der Waals surface area contributed by atoms with Crippen molar-refractivity contribution in [2.75, 3.05) is 46.5 Å². The average molecular weight is 520 g/mol. The number of thiazole rings is 1. The van der Waals surface area contributed by atoms with E-state index in [1.807, 2.05) is 49.4 Å². The molecule has 1 aromatic heterocycles. The van der Waals surface area contributed by atoms with Crippen LogP contribution in [0.4, 0.5) is 0 Å². The second-order valence-electron chi connectivity index (χ2n) is 9.01. The summed E-state index contributed by atoms with van der Waals surface area (Å²) in [4.78, 5) is 35.9. The van der Waals surface area contributed by atoms with Gasteiger partial charge in [0, 0.05) is 36.6 Å². The summed E-state index contributed by atoms with van der Waals surface area (Å²) in [6, 6.07) is 16.2. The Hall–Kier alpha value is -3.53. The van der Waals surface area contributed by atoms with Gasteiger partial charge in [-0.05, 0) is 24.6 Å². The molecular weight excluding hydrogens is 490 g/mol. The molecule has 2 aliphatic rings. The van der Waals surface area contributed by atoms with Crippen LogP contribution in [0, 0.1) is 6.92 Å². The van der Waals surface area contributed by atoms with E-state index in [0.717, 1.165) is 28.5 Å². The van der Waals surface area contributed by atoms with Gasteiger partial charge in [0.05, 0.1) is 31.9 Å². The van der Waals surface area contributed by atoms with Crippen LogP contribution in [0.15, 0.2) is 60.2 Å². The van der Waals surface area contributed by atoms with E-state index in [4.69, 9.17) is 9.47 Å². The molecule has 1 unspecified atom stereocenters. The number of aliphatic hydroxyl groups is 1. The van der Waals surface area contributed by atoms with Crippen molar-refractivity contribution in [1.29, 1.82) is 0 Å². The van der Waals surface area contributed by atoms with Crippen molar-refractivity contribution < 1.29 is 24.2 Å². The Morgan fingerprint density at radius 2 is 1.86 bits per heavy atom. The first-order valence-corrected chi connectivity index (χ1v) is 13.0. The molecule has 2 fully saturated rings. The first-order valence-electron chi connectivity index (χ1n) is 12.2. The third-order valence-corrected chi connectivity index (χ3v) is 7.77. The van der Waals surface area contributed by atoms with E-state index in [-0.39, 0.29) is 11.3 Å². The number of morpholine rings is 1. The summed E-state index contributed by atoms with van der Waals surface area (Å²) in [7, 11) is 1.57. The SMILES string of the molecule is COc1cccc(C2/C(=C(\O)c3nc(-c4ccccc4)sc3C)C(=O)C(=O)N2CCN2CCOCC2)c1. The molecule has 0 radical (unpaired) electrons. The van der Waals surface area contributed by atoms with Crippen LogP contribution < -0.4 is 4.74 Å². The smallest absolute Gasteiger partial charge is 0.295 e. The monoisotopic (exact) mass is 519 g/mol. The number of carbonyl (C=O) groups excluding carboxylic acids is 2. The second-order valence-corrected chi connectivity index (χ2v) is 10.2. The van der Waals surface area contributed by atoms with Gasteiger partial charge >= 0.3 is 0 Å². The molecule has 2 aromatic carbocycles. The van der Waals surface area contributed by atoms with Gasteiger partial charge in [0.25, 0.3) is 11.7 Å². The number of hydrogen-bond acceptors (Lipinski definition) is 8. The molecule has 1 amide bonds. The number of aryl methyl sites for hydroxylation is 1. The first kappa shape index (κ1) is 25.1. The van der Waals surface area contributed by atoms with Crippen LogP contribution in [-0.2, 0) is 14.3 Å². The maximum Gasteiger partial charge on any atom is 0.295 e. The van der Waals surface area contributed by atoms with Crippen molar-refractivity contribution in [2.45, 2.75) is 13.0 Å². The van der Waals surface area contributed by atoms with Crippen LogP contribution in [0.3, 0.4) is 0 Å². The Balaban J connectivity index is 1.57. The number of ether oxygens (including phenoxy) is 2. The van der Waals surface area contributed by atoms with Crippen molar-refractivity contribution in [3.05, 3.63) is 76.3 Å². The zero-order valence-corrected chi connectivity index (χ0v) is 21.7. The third-order valence-electron chi connectivity index (χ3n) is 6.75. The number of methoxy groups -OCH3 is 1. The molecule has 3 heterocycles. The molecular formula is C28H29N3O5S. The van der Waals surface area contributed by atoms with Crippen molar-refractivity contribution >= 4 is 28.8 Å². The average Bonchev–Trinajstić information content (AvgIpc) is 3.45. The van der Waals surface area contributed by atoms with Gasteiger partial charge in [0.15, 0.2) is 5.76 Å². The minimum absolute atomic E-state index is 0.0493. The van der Waals surface area contributed by atoms with Gasteiger partial charge in [-0.25, -0.2) is 4.98 Å². The van der Waals surface area contributed by atoms with Gasteiger partial charge in [-0.1, -0.05) is 42.5 Å². The predicted molar refractivity (Wildman–Crippen MR) is 142 cm³/mol. The molecule has 1 atom stereocenters. The fourth-order valence-corrected chi connectivity index (χ4v) is 5.71. The van der Waals surface area contributed by atoms with Crippen molar-refractivity contribution in [3.63, 3.8) is 0 Å². The first-order chi connectivity index (χ1) is 18.0. The van der Waals surface area contributed by atoms with Gasteiger partial charge in [0.1, 0.15) is 16.5 Å². The lowest BCUT2D eigenvalue weighted by molar-refractivity contribution is -0.140. The van der Waals surface area contributed by atoms with E-state index >= 15 is 0 Å². The number of likely N-dealkylation sites (tertiary alicyclic amines) is 1. The molecule has 0 saturated carbocycles. The molecule has 9 heteroatoms. The number of aliphatic hydroxyl groups excluding tert-OH is 1. The molecule has 0 spiro atoms. The summed E-state index contributed by atoms with van der Waals surface area (Å²) in [5.74, 6) is -0.983. The Morgan fingerprint density at radius 3 is 2.59 bits per heavy atom. The molecule has 5 rings (SSSR count). The Bertz CT molecular complexity index is 1330. The number of ketones is 1. The zero-order valence-electron chi connectivity index (χ0n) is 20.8. The summed E-state index contributed by atoms with van der Waals surface area (Å²) in [5, 5.41) is 12.2. The predicted octanol–water partition coefficient (Wildman–Crippen LogP) is 3.88. The van der Waals surface area contributed by atoms with Crippen LogP contribution in [0.5, 0.6) is 5.75 Å². The van der Waals surface area contributed by atoms with Crippen LogP contribution in [0.2, 0.25) is 0 Å². The summed E-state index contributed by atoms with van der Waals surface area (Å²) in [6.07, 6.45) is 0. The van der Waals surface area contributed by atoms with E-state index in [0.29, 0.717) is 43.3 Å². The van der Waals surface area contributed by atoms with Crippen LogP contribution >= 0.6 is 11.3 Å². The number of Topliss-reactive ketones (excluding diaryl/α,β-unsaturated/α-hetero) is 1. The Morgan fingerprint density at radius 1 is 1.11 bits per heavy atom. The highest BCUT2D eigenvalue weighted by molar-refractivity contribution is 7.15. The Kier molecular flexibility index (Phi) is 7.36. The maximum absolute atomic E-state index is 13.4. The number of nitrogens with zero attached hydrogens (tertiary/aromatic N) is 3. The zero-order chi connectivity index (χ0) is 25.9. The lowest BCUT2D eigenvalue weighted by Gasteiger charge is -2.31. The largest absolute Gasteiger partial charge is 0.505 e. The normalized spacial score (nSPS) is 19.9. The molecule has 8 nitrogen and oxygen atoms in total. The standard InChI is InChI=1S/C28H29N3O5S/c1-18-23(29-27(37-18)19-7-4-3-5-8-19)25(32)22-24(20-9-6-10-21(17-20)35-2)31(28(34)26(22)33)12-11-30-13-15-36-16-14-30/h3-10,17,24,32H,11-16H2,1-2H3/b25-22+. The summed E-state index contributed by atoms with van der Waals surface area (Å²) >= 11 is 1.44. The van der Waals surface area contributed by atoms with E-state index < -0.39 is 17.7 Å². The van der Waals surface area contributed by atoms with Gasteiger partial charge in [0.2, 0.25) is 0 Å². The van der Waals surface area contributed by atoms with E-state index in [1.54, 1.807) is 24.1 Å². The Labute approximate surface area is 219 Å². The van der Waals surface area contributed by atoms with Crippen molar-refractivity contribution in [2.24, 2.45) is 0 Å². The maximum atomic E-state index is 13.4. The topological polar surface area (TPSA) is 92.2 Å². The quantitative estimate of drug-likeness (QED) is 0.288. The highest BCUT2D eigenvalue weighted by atomic mass is 32.1. The molecule has 3 aromatic rings. The minimum atomic E-state index is -0.752. The number of amides is 1. The fourth-order valence-electron chi connectivity index (χ4n) is 4.79. The highest BCUT2D eigenvalue weighted by Crippen LogP contribution is 2.41. The van der Waals surface area contributed by atoms with Gasteiger partial charge in [-0.2, -0.15) is 0 Å². The van der Waals surface area contributed by atoms with Gasteiger partial charge in [-0.3, -0.25) is 14.5 Å². The molecule has 192 valence electrons. The molecule has 0 bridgehead atoms. The molecule has 1 N–H and O–H groups in total. The van der Waals surface area contributed by atoms with Crippen molar-refractivity contribution in [1.82, 2.24) is 14.8 Å². The van der Waals surface area contributed by atoms with Crippen molar-refractivity contribution in [3.8, 4) is 16.3 Å². The van der Waals surface area contributed by atoms with Gasteiger partial charge in [-0.15, -0.1) is 11.3 Å². The second kappa shape index (κ2) is 10.8. The number of hydrogen-bond donors (Lipinski definition) is 1. The lowest BCUT2D eigenvalue weighted by Crippen LogP contribution is -2.42. The molecule has 2 saturated heterocycles. The van der Waals surface area contributed by atoms with Crippen LogP contribution in [0.25, 0.3) is 16.3 Å².